The summed E-state index contributed by atoms with van der Waals surface area (Å²) >= 11 is 6.12. The van der Waals surface area contributed by atoms with Crippen molar-refractivity contribution in [1.82, 2.24) is 4.98 Å². The van der Waals surface area contributed by atoms with E-state index in [0.29, 0.717) is 27.7 Å². The number of pyridine rings is 1. The number of nitrogens with zero attached hydrogens (tertiary/aromatic N) is 1. The molecule has 1 aromatic heterocycles. The molecule has 1 heterocycles. The van der Waals surface area contributed by atoms with Crippen molar-refractivity contribution in [3.05, 3.63) is 82.5 Å². The van der Waals surface area contributed by atoms with Crippen LogP contribution in [0.15, 0.2) is 60.8 Å². The zero-order chi connectivity index (χ0) is 20.1. The zero-order valence-corrected chi connectivity index (χ0v) is 16.1. The van der Waals surface area contributed by atoms with Gasteiger partial charge in [-0.3, -0.25) is 4.79 Å². The molecule has 0 aliphatic heterocycles. The predicted octanol–water partition coefficient (Wildman–Crippen LogP) is 4.83. The molecule has 7 heteroatoms. The predicted molar refractivity (Wildman–Crippen MR) is 109 cm³/mol. The van der Waals surface area contributed by atoms with Gasteiger partial charge in [0.15, 0.2) is 0 Å². The molecule has 0 spiro atoms. The summed E-state index contributed by atoms with van der Waals surface area (Å²) in [6.45, 7) is 1.93. The summed E-state index contributed by atoms with van der Waals surface area (Å²) < 4.78 is 4.64. The smallest absolute Gasteiger partial charge is 0.337 e. The highest BCUT2D eigenvalue weighted by atomic mass is 35.5. The number of anilines is 3. The summed E-state index contributed by atoms with van der Waals surface area (Å²) in [6, 6.07) is 15.4. The molecule has 0 fully saturated rings. The van der Waals surface area contributed by atoms with Crippen LogP contribution in [0.2, 0.25) is 5.02 Å². The minimum atomic E-state index is -0.431. The Morgan fingerprint density at radius 1 is 0.964 bits per heavy atom. The van der Waals surface area contributed by atoms with Crippen molar-refractivity contribution >= 4 is 40.7 Å². The zero-order valence-electron chi connectivity index (χ0n) is 15.3. The summed E-state index contributed by atoms with van der Waals surface area (Å²) in [5.41, 5.74) is 3.19. The number of aromatic nitrogens is 1. The minimum Gasteiger partial charge on any atom is -0.465 e. The van der Waals surface area contributed by atoms with Gasteiger partial charge in [0.05, 0.1) is 18.2 Å². The van der Waals surface area contributed by atoms with Gasteiger partial charge in [-0.05, 0) is 61.0 Å². The molecular formula is C21H18ClN3O3. The van der Waals surface area contributed by atoms with Gasteiger partial charge in [-0.2, -0.15) is 0 Å². The molecule has 142 valence electrons. The lowest BCUT2D eigenvalue weighted by molar-refractivity contribution is 0.0600. The second kappa shape index (κ2) is 8.54. The van der Waals surface area contributed by atoms with Gasteiger partial charge in [0.1, 0.15) is 5.82 Å². The Bertz CT molecular complexity index is 1000. The maximum atomic E-state index is 12.4. The molecule has 1 amide bonds. The Morgan fingerprint density at radius 3 is 2.25 bits per heavy atom. The van der Waals surface area contributed by atoms with Crippen LogP contribution in [0.4, 0.5) is 17.2 Å². The quantitative estimate of drug-likeness (QED) is 0.605. The molecule has 0 aliphatic carbocycles. The first-order valence-electron chi connectivity index (χ1n) is 8.45. The van der Waals surface area contributed by atoms with E-state index in [-0.39, 0.29) is 5.91 Å². The van der Waals surface area contributed by atoms with Crippen LogP contribution in [0, 0.1) is 6.92 Å². The van der Waals surface area contributed by atoms with Crippen LogP contribution in [0.1, 0.15) is 26.3 Å². The summed E-state index contributed by atoms with van der Waals surface area (Å²) in [4.78, 5) is 28.1. The first-order chi connectivity index (χ1) is 13.5. The maximum Gasteiger partial charge on any atom is 0.337 e. The van der Waals surface area contributed by atoms with E-state index in [0.717, 1.165) is 11.3 Å². The lowest BCUT2D eigenvalue weighted by Gasteiger charge is -2.09. The van der Waals surface area contributed by atoms with Gasteiger partial charge in [-0.1, -0.05) is 17.7 Å². The highest BCUT2D eigenvalue weighted by Gasteiger charge is 2.09. The standard InChI is InChI=1S/C21H18ClN3O3/c1-13-3-7-17(11-18(13)22)24-19-10-6-15(12-23-19)20(26)25-16-8-4-14(5-9-16)21(27)28-2/h3-12H,1-2H3,(H,23,24)(H,25,26). The Labute approximate surface area is 167 Å². The number of halogens is 1. The van der Waals surface area contributed by atoms with E-state index in [4.69, 9.17) is 11.6 Å². The second-order valence-corrected chi connectivity index (χ2v) is 6.45. The molecule has 0 atom stereocenters. The van der Waals surface area contributed by atoms with Gasteiger partial charge in [0.2, 0.25) is 0 Å². The molecule has 0 unspecified atom stereocenters. The summed E-state index contributed by atoms with van der Waals surface area (Å²) in [5, 5.41) is 6.56. The fourth-order valence-corrected chi connectivity index (χ4v) is 2.61. The average Bonchev–Trinajstić information content (AvgIpc) is 2.71. The minimum absolute atomic E-state index is 0.303. The lowest BCUT2D eigenvalue weighted by atomic mass is 10.2. The number of methoxy groups -OCH3 is 1. The number of benzene rings is 2. The number of hydrogen-bond acceptors (Lipinski definition) is 5. The number of carbonyl (C=O) groups excluding carboxylic acids is 2. The summed E-state index contributed by atoms with van der Waals surface area (Å²) in [5.74, 6) is -0.137. The molecular weight excluding hydrogens is 378 g/mol. The van der Waals surface area contributed by atoms with Crippen molar-refractivity contribution in [3.8, 4) is 0 Å². The van der Waals surface area contributed by atoms with Gasteiger partial charge in [-0.25, -0.2) is 9.78 Å². The van der Waals surface area contributed by atoms with Crippen LogP contribution in [-0.4, -0.2) is 24.0 Å². The highest BCUT2D eigenvalue weighted by Crippen LogP contribution is 2.22. The molecule has 0 radical (unpaired) electrons. The fourth-order valence-electron chi connectivity index (χ4n) is 2.43. The fraction of sp³-hybridized carbons (Fsp3) is 0.0952. The SMILES string of the molecule is COC(=O)c1ccc(NC(=O)c2ccc(Nc3ccc(C)c(Cl)c3)nc2)cc1. The van der Waals surface area contributed by atoms with Crippen LogP contribution in [-0.2, 0) is 4.74 Å². The third-order valence-electron chi connectivity index (χ3n) is 4.03. The third kappa shape index (κ3) is 4.66. The number of rotatable bonds is 5. The lowest BCUT2D eigenvalue weighted by Crippen LogP contribution is -2.12. The highest BCUT2D eigenvalue weighted by molar-refractivity contribution is 6.31. The molecule has 3 rings (SSSR count). The number of amides is 1. The van der Waals surface area contributed by atoms with E-state index in [1.807, 2.05) is 25.1 Å². The Balaban J connectivity index is 1.64. The van der Waals surface area contributed by atoms with Crippen molar-refractivity contribution in [1.29, 1.82) is 0 Å². The van der Waals surface area contributed by atoms with Crippen molar-refractivity contribution in [2.45, 2.75) is 6.92 Å². The molecule has 0 saturated carbocycles. The molecule has 28 heavy (non-hydrogen) atoms. The number of aryl methyl sites for hydroxylation is 1. The van der Waals surface area contributed by atoms with Gasteiger partial charge in [0.25, 0.3) is 5.91 Å². The Morgan fingerprint density at radius 2 is 1.64 bits per heavy atom. The van der Waals surface area contributed by atoms with E-state index in [1.54, 1.807) is 36.4 Å². The van der Waals surface area contributed by atoms with Crippen LogP contribution in [0.5, 0.6) is 0 Å². The van der Waals surface area contributed by atoms with E-state index >= 15 is 0 Å². The van der Waals surface area contributed by atoms with Gasteiger partial charge in [0, 0.05) is 22.6 Å². The number of ether oxygens (including phenoxy) is 1. The van der Waals surface area contributed by atoms with Crippen LogP contribution in [0.3, 0.4) is 0 Å². The van der Waals surface area contributed by atoms with E-state index in [2.05, 4.69) is 20.4 Å². The number of carbonyl (C=O) groups is 2. The van der Waals surface area contributed by atoms with Crippen LogP contribution < -0.4 is 10.6 Å². The van der Waals surface area contributed by atoms with Crippen molar-refractivity contribution in [2.75, 3.05) is 17.7 Å². The second-order valence-electron chi connectivity index (χ2n) is 6.04. The Hall–Kier alpha value is -3.38. The molecule has 2 N–H and O–H groups in total. The van der Waals surface area contributed by atoms with Gasteiger partial charge in [-0.15, -0.1) is 0 Å². The normalized spacial score (nSPS) is 10.2. The molecule has 2 aromatic carbocycles. The van der Waals surface area contributed by atoms with Crippen LogP contribution >= 0.6 is 11.6 Å². The summed E-state index contributed by atoms with van der Waals surface area (Å²) in [7, 11) is 1.32. The number of hydrogen-bond donors (Lipinski definition) is 2. The maximum absolute atomic E-state index is 12.4. The molecule has 0 aliphatic rings. The molecule has 3 aromatic rings. The summed E-state index contributed by atoms with van der Waals surface area (Å²) in [6.07, 6.45) is 1.48. The average molecular weight is 396 g/mol. The largest absolute Gasteiger partial charge is 0.465 e. The molecule has 0 saturated heterocycles. The van der Waals surface area contributed by atoms with Crippen LogP contribution in [0.25, 0.3) is 0 Å². The van der Waals surface area contributed by atoms with Gasteiger partial charge < -0.3 is 15.4 Å². The first-order valence-corrected chi connectivity index (χ1v) is 8.83. The third-order valence-corrected chi connectivity index (χ3v) is 4.44. The van der Waals surface area contributed by atoms with E-state index in [9.17, 15) is 9.59 Å². The van der Waals surface area contributed by atoms with E-state index in [1.165, 1.54) is 13.3 Å². The number of nitrogens with one attached hydrogen (secondary N) is 2. The van der Waals surface area contributed by atoms with Crippen molar-refractivity contribution in [3.63, 3.8) is 0 Å². The number of esters is 1. The molecule has 6 nitrogen and oxygen atoms in total. The monoisotopic (exact) mass is 395 g/mol. The Kier molecular flexibility index (Phi) is 5.91. The van der Waals surface area contributed by atoms with Gasteiger partial charge >= 0.3 is 5.97 Å². The molecule has 0 bridgehead atoms. The van der Waals surface area contributed by atoms with E-state index < -0.39 is 5.97 Å². The van der Waals surface area contributed by atoms with Crippen molar-refractivity contribution < 1.29 is 14.3 Å². The topological polar surface area (TPSA) is 80.3 Å². The first kappa shape index (κ1) is 19.4. The van der Waals surface area contributed by atoms with Crippen molar-refractivity contribution in [2.24, 2.45) is 0 Å².